The zero-order chi connectivity index (χ0) is 18.4. The summed E-state index contributed by atoms with van der Waals surface area (Å²) in [6.07, 6.45) is 2.71. The minimum Gasteiger partial charge on any atom is -0.497 e. The maximum Gasteiger partial charge on any atom is 0.323 e. The van der Waals surface area contributed by atoms with E-state index in [0.717, 1.165) is 0 Å². The van der Waals surface area contributed by atoms with Gasteiger partial charge < -0.3 is 20.1 Å². The number of urea groups is 1. The molecule has 132 valence electrons. The summed E-state index contributed by atoms with van der Waals surface area (Å²) in [5.74, 6) is 0.126. The molecule has 0 unspecified atom stereocenters. The monoisotopic (exact) mass is 354 g/mol. The highest BCUT2D eigenvalue weighted by Gasteiger charge is 2.08. The molecule has 0 fully saturated rings. The highest BCUT2D eigenvalue weighted by molar-refractivity contribution is 5.99. The van der Waals surface area contributed by atoms with Crippen LogP contribution in [0.25, 0.3) is 0 Å². The van der Waals surface area contributed by atoms with Crippen LogP contribution in [-0.2, 0) is 0 Å². The molecule has 1 heterocycles. The van der Waals surface area contributed by atoms with E-state index in [9.17, 15) is 9.18 Å². The highest BCUT2D eigenvalue weighted by atomic mass is 19.1. The summed E-state index contributed by atoms with van der Waals surface area (Å²) >= 11 is 0. The number of ether oxygens (including phenoxy) is 2. The lowest BCUT2D eigenvalue weighted by atomic mass is 10.3. The fourth-order valence-corrected chi connectivity index (χ4v) is 2.05. The second-order valence-corrected chi connectivity index (χ2v) is 5.10. The predicted molar refractivity (Wildman–Crippen MR) is 94.1 cm³/mol. The Morgan fingerprint density at radius 2 is 1.73 bits per heavy atom. The van der Waals surface area contributed by atoms with E-state index in [0.29, 0.717) is 17.1 Å². The average Bonchev–Trinajstić information content (AvgIpc) is 2.65. The summed E-state index contributed by atoms with van der Waals surface area (Å²) in [5, 5.41) is 5.25. The molecule has 0 aliphatic heterocycles. The molecule has 0 atom stereocenters. The molecule has 2 aromatic carbocycles. The highest BCUT2D eigenvalue weighted by Crippen LogP contribution is 2.21. The quantitative estimate of drug-likeness (QED) is 0.722. The first-order valence-corrected chi connectivity index (χ1v) is 7.60. The van der Waals surface area contributed by atoms with Crippen LogP contribution in [0, 0.1) is 5.82 Å². The molecule has 0 spiro atoms. The molecule has 0 aliphatic rings. The Hall–Kier alpha value is -3.68. The number of hydrogen-bond donors (Lipinski definition) is 2. The van der Waals surface area contributed by atoms with Crippen molar-refractivity contribution in [1.82, 2.24) is 9.97 Å². The number of nitrogens with one attached hydrogen (secondary N) is 2. The van der Waals surface area contributed by atoms with Crippen molar-refractivity contribution in [3.05, 3.63) is 66.7 Å². The van der Waals surface area contributed by atoms with Crippen LogP contribution >= 0.6 is 0 Å². The van der Waals surface area contributed by atoms with Gasteiger partial charge in [-0.05, 0) is 24.3 Å². The summed E-state index contributed by atoms with van der Waals surface area (Å²) < 4.78 is 23.9. The Labute approximate surface area is 148 Å². The number of aromatic nitrogens is 2. The van der Waals surface area contributed by atoms with Crippen LogP contribution in [0.3, 0.4) is 0 Å². The van der Waals surface area contributed by atoms with Crippen molar-refractivity contribution in [2.45, 2.75) is 0 Å². The smallest absolute Gasteiger partial charge is 0.323 e. The van der Waals surface area contributed by atoms with Crippen LogP contribution in [0.1, 0.15) is 0 Å². The second-order valence-electron chi connectivity index (χ2n) is 5.10. The lowest BCUT2D eigenvalue weighted by Crippen LogP contribution is -2.19. The van der Waals surface area contributed by atoms with Crippen molar-refractivity contribution in [2.75, 3.05) is 17.7 Å². The van der Waals surface area contributed by atoms with Gasteiger partial charge in [0.2, 0.25) is 0 Å². The van der Waals surface area contributed by atoms with E-state index in [2.05, 4.69) is 20.6 Å². The molecule has 2 amide bonds. The van der Waals surface area contributed by atoms with Gasteiger partial charge in [-0.1, -0.05) is 18.2 Å². The zero-order valence-electron chi connectivity index (χ0n) is 13.8. The van der Waals surface area contributed by atoms with Gasteiger partial charge in [-0.2, -0.15) is 0 Å². The van der Waals surface area contributed by atoms with Crippen molar-refractivity contribution in [1.29, 1.82) is 0 Å². The summed E-state index contributed by atoms with van der Waals surface area (Å²) in [7, 11) is 1.54. The number of hydrogen-bond acceptors (Lipinski definition) is 5. The number of carbonyl (C=O) groups is 1. The molecule has 3 aromatic rings. The molecule has 3 rings (SSSR count). The van der Waals surface area contributed by atoms with Crippen LogP contribution in [0.4, 0.5) is 20.6 Å². The van der Waals surface area contributed by atoms with Crippen LogP contribution in [0.15, 0.2) is 60.9 Å². The number of rotatable bonds is 5. The third-order valence-electron chi connectivity index (χ3n) is 3.25. The average molecular weight is 354 g/mol. The summed E-state index contributed by atoms with van der Waals surface area (Å²) in [6.45, 7) is 0. The third-order valence-corrected chi connectivity index (χ3v) is 3.25. The Kier molecular flexibility index (Phi) is 5.23. The first-order valence-electron chi connectivity index (χ1n) is 7.60. The Balaban J connectivity index is 1.60. The molecule has 0 saturated carbocycles. The van der Waals surface area contributed by atoms with Crippen molar-refractivity contribution in [2.24, 2.45) is 0 Å². The molecule has 8 heteroatoms. The molecule has 2 N–H and O–H groups in total. The van der Waals surface area contributed by atoms with Crippen LogP contribution in [0.2, 0.25) is 0 Å². The number of para-hydroxylation sites is 1. The Bertz CT molecular complexity index is 903. The molecular formula is C18H15FN4O3. The number of halogens is 1. The van der Waals surface area contributed by atoms with Gasteiger partial charge in [-0.25, -0.2) is 19.2 Å². The van der Waals surface area contributed by atoms with Crippen molar-refractivity contribution in [3.63, 3.8) is 0 Å². The van der Waals surface area contributed by atoms with Gasteiger partial charge in [0.15, 0.2) is 11.6 Å². The normalized spacial score (nSPS) is 10.1. The molecule has 7 nitrogen and oxygen atoms in total. The van der Waals surface area contributed by atoms with E-state index in [-0.39, 0.29) is 11.8 Å². The molecule has 0 saturated heterocycles. The van der Waals surface area contributed by atoms with Gasteiger partial charge in [-0.3, -0.25) is 0 Å². The molecule has 0 bridgehead atoms. The van der Waals surface area contributed by atoms with Gasteiger partial charge in [0.25, 0.3) is 0 Å². The SMILES string of the molecule is COc1cccc(NC(=O)Nc2cnc(Oc3ccccc3F)nc2)c1. The fraction of sp³-hybridized carbons (Fsp3) is 0.0556. The van der Waals surface area contributed by atoms with E-state index in [1.165, 1.54) is 24.5 Å². The number of methoxy groups -OCH3 is 1. The topological polar surface area (TPSA) is 85.4 Å². The first kappa shape index (κ1) is 17.2. The minimum atomic E-state index is -0.518. The number of nitrogens with zero attached hydrogens (tertiary/aromatic N) is 2. The third kappa shape index (κ3) is 4.44. The maximum absolute atomic E-state index is 13.5. The van der Waals surface area contributed by atoms with Crippen LogP contribution in [0.5, 0.6) is 17.5 Å². The summed E-state index contributed by atoms with van der Waals surface area (Å²) in [6, 6.07) is 12.4. The van der Waals surface area contributed by atoms with Gasteiger partial charge in [0.1, 0.15) is 5.75 Å². The van der Waals surface area contributed by atoms with Crippen LogP contribution < -0.4 is 20.1 Å². The van der Waals surface area contributed by atoms with E-state index in [1.807, 2.05) is 0 Å². The lowest BCUT2D eigenvalue weighted by molar-refractivity contribution is 0.262. The summed E-state index contributed by atoms with van der Waals surface area (Å²) in [4.78, 5) is 19.9. The molecule has 0 radical (unpaired) electrons. The Morgan fingerprint density at radius 3 is 2.46 bits per heavy atom. The largest absolute Gasteiger partial charge is 0.497 e. The lowest BCUT2D eigenvalue weighted by Gasteiger charge is -2.09. The number of carbonyl (C=O) groups excluding carboxylic acids is 1. The van der Waals surface area contributed by atoms with Gasteiger partial charge in [0.05, 0.1) is 25.2 Å². The standard InChI is InChI=1S/C18H15FN4O3/c1-25-14-6-4-5-12(9-14)22-17(24)23-13-10-20-18(21-11-13)26-16-8-3-2-7-15(16)19/h2-11H,1H3,(H2,22,23,24). The maximum atomic E-state index is 13.5. The van der Waals surface area contributed by atoms with Gasteiger partial charge >= 0.3 is 12.0 Å². The summed E-state index contributed by atoms with van der Waals surface area (Å²) in [5.41, 5.74) is 0.925. The number of amides is 2. The molecular weight excluding hydrogens is 339 g/mol. The fourth-order valence-electron chi connectivity index (χ4n) is 2.05. The van der Waals surface area contributed by atoms with Crippen molar-refractivity contribution < 1.29 is 18.7 Å². The second kappa shape index (κ2) is 7.93. The van der Waals surface area contributed by atoms with Gasteiger partial charge in [-0.15, -0.1) is 0 Å². The van der Waals surface area contributed by atoms with E-state index in [4.69, 9.17) is 9.47 Å². The van der Waals surface area contributed by atoms with E-state index in [1.54, 1.807) is 43.5 Å². The zero-order valence-corrected chi connectivity index (χ0v) is 13.8. The molecule has 1 aromatic heterocycles. The van der Waals surface area contributed by atoms with Gasteiger partial charge in [0, 0.05) is 11.8 Å². The number of benzene rings is 2. The van der Waals surface area contributed by atoms with Crippen molar-refractivity contribution in [3.8, 4) is 17.5 Å². The molecule has 0 aliphatic carbocycles. The predicted octanol–water partition coefficient (Wildman–Crippen LogP) is 4.06. The molecule has 26 heavy (non-hydrogen) atoms. The van der Waals surface area contributed by atoms with E-state index >= 15 is 0 Å². The van der Waals surface area contributed by atoms with E-state index < -0.39 is 11.8 Å². The first-order chi connectivity index (χ1) is 12.6. The Morgan fingerprint density at radius 1 is 1.00 bits per heavy atom. The van der Waals surface area contributed by atoms with Crippen LogP contribution in [-0.4, -0.2) is 23.1 Å². The number of anilines is 2. The minimum absolute atomic E-state index is 0.0176. The van der Waals surface area contributed by atoms with Crippen molar-refractivity contribution >= 4 is 17.4 Å².